The van der Waals surface area contributed by atoms with Crippen molar-refractivity contribution >= 4 is 15.9 Å². The highest BCUT2D eigenvalue weighted by atomic mass is 32.2. The zero-order valence-corrected chi connectivity index (χ0v) is 9.76. The molecule has 1 heterocycles. The zero-order valence-electron chi connectivity index (χ0n) is 8.94. The minimum atomic E-state index is -3.44. The molecule has 1 fully saturated rings. The molecule has 1 unspecified atom stereocenters. The fraction of sp³-hybridized carbons (Fsp3) is 0.875. The third-order valence-electron chi connectivity index (χ3n) is 2.12. The molecule has 8 heteroatoms. The third kappa shape index (κ3) is 5.40. The third-order valence-corrected chi connectivity index (χ3v) is 2.98. The van der Waals surface area contributed by atoms with E-state index in [1.165, 1.54) is 0 Å². The maximum Gasteiger partial charge on any atom is 0.250 e. The summed E-state index contributed by atoms with van der Waals surface area (Å²) in [6, 6.07) is 0. The van der Waals surface area contributed by atoms with Crippen LogP contribution in [0.1, 0.15) is 6.42 Å². The van der Waals surface area contributed by atoms with E-state index in [-0.39, 0.29) is 18.2 Å². The van der Waals surface area contributed by atoms with Crippen molar-refractivity contribution < 1.29 is 17.9 Å². The van der Waals surface area contributed by atoms with Gasteiger partial charge < -0.3 is 15.4 Å². The van der Waals surface area contributed by atoms with Crippen LogP contribution in [0.3, 0.4) is 0 Å². The SMILES string of the molecule is NS(=O)(=O)CCCNC(=O)C1CNCCO1. The minimum absolute atomic E-state index is 0.128. The number of hydrogen-bond donors (Lipinski definition) is 3. The Morgan fingerprint density at radius 3 is 2.88 bits per heavy atom. The highest BCUT2D eigenvalue weighted by molar-refractivity contribution is 7.89. The Hall–Kier alpha value is -0.700. The molecular weight excluding hydrogens is 234 g/mol. The fourth-order valence-electron chi connectivity index (χ4n) is 1.33. The lowest BCUT2D eigenvalue weighted by atomic mass is 10.3. The predicted octanol–water partition coefficient (Wildman–Crippen LogP) is -2.23. The van der Waals surface area contributed by atoms with Crippen LogP contribution in [0.4, 0.5) is 0 Å². The van der Waals surface area contributed by atoms with E-state index < -0.39 is 16.1 Å². The molecule has 7 nitrogen and oxygen atoms in total. The molecule has 1 saturated heterocycles. The Labute approximate surface area is 94.8 Å². The van der Waals surface area contributed by atoms with E-state index in [0.717, 1.165) is 6.54 Å². The number of amides is 1. The molecule has 1 rings (SSSR count). The van der Waals surface area contributed by atoms with Crippen LogP contribution in [-0.2, 0) is 19.6 Å². The summed E-state index contributed by atoms with van der Waals surface area (Å²) >= 11 is 0. The van der Waals surface area contributed by atoms with Crippen molar-refractivity contribution in [3.05, 3.63) is 0 Å². The molecule has 0 saturated carbocycles. The molecule has 0 bridgehead atoms. The molecule has 1 amide bonds. The topological polar surface area (TPSA) is 111 Å². The Bertz CT molecular complexity index is 324. The van der Waals surface area contributed by atoms with Gasteiger partial charge in [0.25, 0.3) is 0 Å². The van der Waals surface area contributed by atoms with Crippen LogP contribution in [0.5, 0.6) is 0 Å². The molecular formula is C8H17N3O4S. The number of ether oxygens (including phenoxy) is 1. The average molecular weight is 251 g/mol. The molecule has 16 heavy (non-hydrogen) atoms. The lowest BCUT2D eigenvalue weighted by Crippen LogP contribution is -2.48. The molecule has 1 aliphatic heterocycles. The fourth-order valence-corrected chi connectivity index (χ4v) is 1.88. The van der Waals surface area contributed by atoms with E-state index in [2.05, 4.69) is 10.6 Å². The quantitative estimate of drug-likeness (QED) is 0.479. The summed E-state index contributed by atoms with van der Waals surface area (Å²) in [6.07, 6.45) is -0.173. The van der Waals surface area contributed by atoms with E-state index in [1.54, 1.807) is 0 Å². The van der Waals surface area contributed by atoms with Gasteiger partial charge in [-0.15, -0.1) is 0 Å². The summed E-state index contributed by atoms with van der Waals surface area (Å²) in [6.45, 7) is 2.03. The van der Waals surface area contributed by atoms with Gasteiger partial charge in [-0.05, 0) is 6.42 Å². The maximum absolute atomic E-state index is 11.5. The van der Waals surface area contributed by atoms with Gasteiger partial charge in [0.15, 0.2) is 0 Å². The molecule has 0 aliphatic carbocycles. The number of nitrogens with one attached hydrogen (secondary N) is 2. The largest absolute Gasteiger partial charge is 0.366 e. The van der Waals surface area contributed by atoms with E-state index in [0.29, 0.717) is 19.6 Å². The Balaban J connectivity index is 2.14. The predicted molar refractivity (Wildman–Crippen MR) is 58.2 cm³/mol. The number of morpholine rings is 1. The van der Waals surface area contributed by atoms with Gasteiger partial charge in [0.1, 0.15) is 6.10 Å². The first-order valence-corrected chi connectivity index (χ1v) is 6.81. The normalized spacial score (nSPS) is 21.7. The van der Waals surface area contributed by atoms with Crippen molar-refractivity contribution in [1.29, 1.82) is 0 Å². The van der Waals surface area contributed by atoms with Crippen LogP contribution >= 0.6 is 0 Å². The summed E-state index contributed by atoms with van der Waals surface area (Å²) in [4.78, 5) is 11.5. The van der Waals surface area contributed by atoms with Crippen LogP contribution in [0.15, 0.2) is 0 Å². The van der Waals surface area contributed by atoms with Crippen molar-refractivity contribution in [2.75, 3.05) is 32.0 Å². The van der Waals surface area contributed by atoms with Crippen LogP contribution in [0.2, 0.25) is 0 Å². The van der Waals surface area contributed by atoms with Crippen LogP contribution in [0.25, 0.3) is 0 Å². The second-order valence-electron chi connectivity index (χ2n) is 3.58. The number of carbonyl (C=O) groups excluding carboxylic acids is 1. The zero-order chi connectivity index (χ0) is 12.0. The maximum atomic E-state index is 11.5. The van der Waals surface area contributed by atoms with Gasteiger partial charge in [0.2, 0.25) is 15.9 Å². The number of nitrogens with two attached hydrogens (primary N) is 1. The van der Waals surface area contributed by atoms with Crippen molar-refractivity contribution in [3.8, 4) is 0 Å². The molecule has 1 aliphatic rings. The Morgan fingerprint density at radius 1 is 1.56 bits per heavy atom. The number of primary sulfonamides is 1. The molecule has 0 aromatic heterocycles. The van der Waals surface area contributed by atoms with Gasteiger partial charge in [-0.2, -0.15) is 0 Å². The monoisotopic (exact) mass is 251 g/mol. The van der Waals surface area contributed by atoms with E-state index in [1.807, 2.05) is 0 Å². The molecule has 0 aromatic rings. The lowest BCUT2D eigenvalue weighted by Gasteiger charge is -2.22. The summed E-state index contributed by atoms with van der Waals surface area (Å²) in [7, 11) is -3.44. The van der Waals surface area contributed by atoms with Crippen LogP contribution in [0, 0.1) is 0 Å². The van der Waals surface area contributed by atoms with Gasteiger partial charge in [-0.25, -0.2) is 13.6 Å². The summed E-state index contributed by atoms with van der Waals surface area (Å²) in [5.41, 5.74) is 0. The van der Waals surface area contributed by atoms with Crippen molar-refractivity contribution in [2.24, 2.45) is 5.14 Å². The van der Waals surface area contributed by atoms with E-state index in [4.69, 9.17) is 9.88 Å². The standard InChI is InChI=1S/C8H17N3O4S/c9-16(13,14)5-1-2-11-8(12)7-6-10-3-4-15-7/h7,10H,1-6H2,(H,11,12)(H2,9,13,14). The second-order valence-corrected chi connectivity index (χ2v) is 5.31. The number of rotatable bonds is 5. The smallest absolute Gasteiger partial charge is 0.250 e. The van der Waals surface area contributed by atoms with E-state index >= 15 is 0 Å². The molecule has 0 aromatic carbocycles. The Kier molecular flexibility index (Phi) is 5.13. The highest BCUT2D eigenvalue weighted by Crippen LogP contribution is 1.95. The summed E-state index contributed by atoms with van der Waals surface area (Å²) < 4.78 is 26.4. The number of sulfonamides is 1. The summed E-state index contributed by atoms with van der Waals surface area (Å²) in [5, 5.41) is 10.4. The summed E-state index contributed by atoms with van der Waals surface area (Å²) in [5.74, 6) is -0.349. The molecule has 1 atom stereocenters. The van der Waals surface area contributed by atoms with Gasteiger partial charge in [0, 0.05) is 19.6 Å². The van der Waals surface area contributed by atoms with Gasteiger partial charge in [-0.1, -0.05) is 0 Å². The van der Waals surface area contributed by atoms with E-state index in [9.17, 15) is 13.2 Å². The molecule has 0 radical (unpaired) electrons. The second kappa shape index (κ2) is 6.14. The van der Waals surface area contributed by atoms with Crippen LogP contribution < -0.4 is 15.8 Å². The average Bonchev–Trinajstić information content (AvgIpc) is 2.24. The van der Waals surface area contributed by atoms with Gasteiger partial charge in [-0.3, -0.25) is 4.79 Å². The lowest BCUT2D eigenvalue weighted by molar-refractivity contribution is -0.134. The number of carbonyl (C=O) groups is 1. The first kappa shape index (κ1) is 13.4. The van der Waals surface area contributed by atoms with Crippen molar-refractivity contribution in [2.45, 2.75) is 12.5 Å². The van der Waals surface area contributed by atoms with Gasteiger partial charge >= 0.3 is 0 Å². The first-order chi connectivity index (χ1) is 7.49. The molecule has 4 N–H and O–H groups in total. The van der Waals surface area contributed by atoms with Gasteiger partial charge in [0.05, 0.1) is 12.4 Å². The molecule has 0 spiro atoms. The molecule has 94 valence electrons. The van der Waals surface area contributed by atoms with Crippen molar-refractivity contribution in [3.63, 3.8) is 0 Å². The highest BCUT2D eigenvalue weighted by Gasteiger charge is 2.20. The number of hydrogen-bond acceptors (Lipinski definition) is 5. The van der Waals surface area contributed by atoms with Crippen LogP contribution in [-0.4, -0.2) is 52.4 Å². The Morgan fingerprint density at radius 2 is 2.31 bits per heavy atom. The minimum Gasteiger partial charge on any atom is -0.366 e. The first-order valence-electron chi connectivity index (χ1n) is 5.09. The van der Waals surface area contributed by atoms with Crippen molar-refractivity contribution in [1.82, 2.24) is 10.6 Å².